The molecule has 0 amide bonds. The fraction of sp³-hybridized carbons (Fsp3) is 0.917. The third-order valence-electron chi connectivity index (χ3n) is 19.3. The Kier molecular flexibility index (Phi) is 13.4. The third kappa shape index (κ3) is 7.74. The zero-order chi connectivity index (χ0) is 48.4. The molecule has 66 heavy (non-hydrogen) atoms. The minimum Gasteiger partial charge on any atom is -0.481 e. The first-order valence-corrected chi connectivity index (χ1v) is 24.2. The fourth-order valence-corrected chi connectivity index (χ4v) is 15.1. The summed E-state index contributed by atoms with van der Waals surface area (Å²) in [5.74, 6) is -1.86. The molecule has 0 radical (unpaired) electrons. The van der Waals surface area contributed by atoms with Crippen LogP contribution in [-0.4, -0.2) is 168 Å². The van der Waals surface area contributed by atoms with Crippen LogP contribution in [0.2, 0.25) is 0 Å². The van der Waals surface area contributed by atoms with E-state index in [0.29, 0.717) is 19.3 Å². The molecular formula is C48H76O18. The first-order valence-electron chi connectivity index (χ1n) is 24.2. The number of ether oxygens (including phenoxy) is 6. The van der Waals surface area contributed by atoms with Crippen LogP contribution in [0.25, 0.3) is 0 Å². The van der Waals surface area contributed by atoms with Crippen molar-refractivity contribution in [2.24, 2.45) is 50.2 Å². The molecule has 8 rings (SSSR count). The monoisotopic (exact) mass is 941 g/mol. The number of carbonyl (C=O) groups is 2. The molecular weight excluding hydrogens is 865 g/mol. The topological polar surface area (TPSA) is 292 Å². The number of aliphatic hydroxyl groups is 8. The molecule has 23 atom stereocenters. The first kappa shape index (κ1) is 50.5. The maximum absolute atomic E-state index is 13.1. The van der Waals surface area contributed by atoms with Gasteiger partial charge in [-0.2, -0.15) is 0 Å². The Morgan fingerprint density at radius 3 is 1.97 bits per heavy atom. The Bertz CT molecular complexity index is 1860. The predicted molar refractivity (Wildman–Crippen MR) is 230 cm³/mol. The summed E-state index contributed by atoms with van der Waals surface area (Å²) in [7, 11) is 0. The van der Waals surface area contributed by atoms with Crippen molar-refractivity contribution in [1.29, 1.82) is 0 Å². The van der Waals surface area contributed by atoms with Gasteiger partial charge in [0.1, 0.15) is 61.0 Å². The van der Waals surface area contributed by atoms with E-state index in [1.807, 2.05) is 0 Å². The van der Waals surface area contributed by atoms with Crippen LogP contribution in [0.1, 0.15) is 120 Å². The SMILES string of the molecule is C[C@@H]1O[C@@H](O[C@@H]2[C@@H](O)[C@H](O[C@H]3[C@H](O[C@H]4CC[C@]5(C)[C@H]6CC=C7[C@@H]8CC(C)(C)CC[C@]8(C(=O)O)CC[C@@]7(C)[C@]6(C)CC[C@H]5C4(C)C)O[C@H](C(=O)O)[C@@H](O)[C@@H]3O)O[C@H](CO)[C@H]2O)[C@H](O)[C@H](O)[C@H]1O. The van der Waals surface area contributed by atoms with Gasteiger partial charge < -0.3 is 79.5 Å². The van der Waals surface area contributed by atoms with Crippen LogP contribution in [0.5, 0.6) is 0 Å². The van der Waals surface area contributed by atoms with Gasteiger partial charge in [0.15, 0.2) is 25.0 Å². The molecule has 3 aliphatic heterocycles. The summed E-state index contributed by atoms with van der Waals surface area (Å²) in [6.45, 7) is 16.6. The second kappa shape index (κ2) is 17.5. The van der Waals surface area contributed by atoms with Gasteiger partial charge >= 0.3 is 11.9 Å². The van der Waals surface area contributed by atoms with Gasteiger partial charge in [0.05, 0.1) is 24.2 Å². The number of rotatable bonds is 9. The molecule has 18 nitrogen and oxygen atoms in total. The zero-order valence-electron chi connectivity index (χ0n) is 39.6. The standard InChI is InChI=1S/C48H76O18/c1-21-28(50)30(52)33(55)39(61-21)64-35-29(51)24(20-49)62-40(34(35)56)66-37-32(54)31(53)36(38(57)58)65-41(37)63-27-12-13-45(6)25(44(27,4)5)11-14-47(8)26(45)10-9-22-23-19-43(2,3)15-17-48(23,42(59)60)18-16-46(22,47)7/h9,21,23-37,39-41,49-56H,10-20H2,1-8H3,(H,57,58)(H,59,60)/t21-,23-,24+,25-,26+,27-,28-,29+,30+,31-,32-,33+,34+,35-,36-,37+,39-,40-,41+,45-,46+,47+,48-/m0/s1. The molecule has 0 aromatic carbocycles. The van der Waals surface area contributed by atoms with Crippen molar-refractivity contribution in [3.63, 3.8) is 0 Å². The lowest BCUT2D eigenvalue weighted by molar-refractivity contribution is -0.388. The number of hydrogen-bond acceptors (Lipinski definition) is 16. The van der Waals surface area contributed by atoms with Gasteiger partial charge in [0.25, 0.3) is 0 Å². The Morgan fingerprint density at radius 1 is 0.667 bits per heavy atom. The number of carboxylic acid groups (broad SMARTS) is 2. The summed E-state index contributed by atoms with van der Waals surface area (Å²) >= 11 is 0. The summed E-state index contributed by atoms with van der Waals surface area (Å²) in [4.78, 5) is 25.6. The smallest absolute Gasteiger partial charge is 0.335 e. The number of allylic oxidation sites excluding steroid dienone is 2. The molecule has 0 aromatic rings. The largest absolute Gasteiger partial charge is 0.481 e. The van der Waals surface area contributed by atoms with Crippen LogP contribution < -0.4 is 0 Å². The van der Waals surface area contributed by atoms with E-state index in [9.17, 15) is 60.7 Å². The Hall–Kier alpha value is -1.88. The maximum Gasteiger partial charge on any atom is 0.335 e. The average Bonchev–Trinajstić information content (AvgIpc) is 3.24. The number of hydrogen-bond donors (Lipinski definition) is 10. The number of aliphatic carboxylic acids is 2. The predicted octanol–water partition coefficient (Wildman–Crippen LogP) is 1.83. The van der Waals surface area contributed by atoms with E-state index in [2.05, 4.69) is 54.5 Å². The summed E-state index contributed by atoms with van der Waals surface area (Å²) in [5.41, 5.74) is -0.383. The highest BCUT2D eigenvalue weighted by molar-refractivity contribution is 5.76. The van der Waals surface area contributed by atoms with E-state index in [4.69, 9.17) is 28.4 Å². The zero-order valence-corrected chi connectivity index (χ0v) is 39.6. The van der Waals surface area contributed by atoms with Crippen molar-refractivity contribution in [2.75, 3.05) is 6.61 Å². The molecule has 0 aromatic heterocycles. The Labute approximate surface area is 386 Å². The van der Waals surface area contributed by atoms with E-state index < -0.39 is 128 Å². The maximum atomic E-state index is 13.1. The minimum atomic E-state index is -2.02. The molecule has 376 valence electrons. The van der Waals surface area contributed by atoms with Gasteiger partial charge in [0, 0.05) is 0 Å². The van der Waals surface area contributed by atoms with E-state index in [-0.39, 0.29) is 39.4 Å². The molecule has 5 aliphatic carbocycles. The molecule has 8 aliphatic rings. The molecule has 0 spiro atoms. The minimum absolute atomic E-state index is 0.0136. The van der Waals surface area contributed by atoms with Crippen LogP contribution in [0.4, 0.5) is 0 Å². The number of carboxylic acids is 2. The van der Waals surface area contributed by atoms with Gasteiger partial charge in [-0.1, -0.05) is 60.1 Å². The van der Waals surface area contributed by atoms with Crippen molar-refractivity contribution in [2.45, 2.75) is 218 Å². The Balaban J connectivity index is 1.04. The van der Waals surface area contributed by atoms with Gasteiger partial charge in [-0.15, -0.1) is 0 Å². The van der Waals surface area contributed by atoms with Crippen molar-refractivity contribution in [1.82, 2.24) is 0 Å². The van der Waals surface area contributed by atoms with E-state index in [0.717, 1.165) is 44.9 Å². The van der Waals surface area contributed by atoms with Crippen LogP contribution in [-0.2, 0) is 38.0 Å². The lowest BCUT2D eigenvalue weighted by Gasteiger charge is -2.71. The molecule has 3 saturated heterocycles. The van der Waals surface area contributed by atoms with E-state index in [1.165, 1.54) is 12.5 Å². The molecule has 18 heteroatoms. The fourth-order valence-electron chi connectivity index (χ4n) is 15.1. The van der Waals surface area contributed by atoms with Crippen molar-refractivity contribution < 1.29 is 89.1 Å². The summed E-state index contributed by atoms with van der Waals surface area (Å²) < 4.78 is 35.9. The lowest BCUT2D eigenvalue weighted by atomic mass is 9.33. The van der Waals surface area contributed by atoms with Gasteiger partial charge in [-0.05, 0) is 116 Å². The second-order valence-electron chi connectivity index (χ2n) is 23.5. The quantitative estimate of drug-likeness (QED) is 0.117. The van der Waals surface area contributed by atoms with Crippen LogP contribution in [0, 0.1) is 50.2 Å². The highest BCUT2D eigenvalue weighted by Gasteiger charge is 2.70. The van der Waals surface area contributed by atoms with Crippen molar-refractivity contribution >= 4 is 11.9 Å². The lowest BCUT2D eigenvalue weighted by Crippen LogP contribution is -2.68. The number of fused-ring (bicyclic) bond motifs is 7. The van der Waals surface area contributed by atoms with Crippen molar-refractivity contribution in [3.8, 4) is 0 Å². The van der Waals surface area contributed by atoms with Crippen LogP contribution in [0.15, 0.2) is 11.6 Å². The second-order valence-corrected chi connectivity index (χ2v) is 23.5. The molecule has 4 saturated carbocycles. The van der Waals surface area contributed by atoms with E-state index in [1.54, 1.807) is 0 Å². The van der Waals surface area contributed by atoms with Gasteiger partial charge in [0.2, 0.25) is 0 Å². The van der Waals surface area contributed by atoms with Gasteiger partial charge in [-0.25, -0.2) is 4.79 Å². The first-order chi connectivity index (χ1) is 30.7. The molecule has 0 bridgehead atoms. The third-order valence-corrected chi connectivity index (χ3v) is 19.3. The van der Waals surface area contributed by atoms with Crippen molar-refractivity contribution in [3.05, 3.63) is 11.6 Å². The summed E-state index contributed by atoms with van der Waals surface area (Å²) in [5, 5.41) is 108. The van der Waals surface area contributed by atoms with Crippen LogP contribution in [0.3, 0.4) is 0 Å². The molecule has 7 fully saturated rings. The highest BCUT2D eigenvalue weighted by atomic mass is 16.8. The summed E-state index contributed by atoms with van der Waals surface area (Å²) in [6.07, 6.45) is -16.0. The molecule has 10 N–H and O–H groups in total. The van der Waals surface area contributed by atoms with Gasteiger partial charge in [-0.3, -0.25) is 4.79 Å². The molecule has 0 unspecified atom stereocenters. The van der Waals surface area contributed by atoms with E-state index >= 15 is 0 Å². The Morgan fingerprint density at radius 2 is 1.32 bits per heavy atom. The normalized spacial score (nSPS) is 53.3. The molecule has 3 heterocycles. The van der Waals surface area contributed by atoms with Crippen LogP contribution >= 0.6 is 0 Å². The summed E-state index contributed by atoms with van der Waals surface area (Å²) in [6, 6.07) is 0. The number of aliphatic hydroxyl groups excluding tert-OH is 8. The average molecular weight is 941 g/mol. The highest BCUT2D eigenvalue weighted by Crippen LogP contribution is 2.76.